The fraction of sp³-hybridized carbons (Fsp3) is 0.333. The Morgan fingerprint density at radius 2 is 1.73 bits per heavy atom. The SMILES string of the molecule is Clc1ccc(Cl)c(NC2CCN(Cc3ccccc3)CC2)c1. The molecule has 1 N–H and O–H groups in total. The molecule has 1 saturated heterocycles. The lowest BCUT2D eigenvalue weighted by Crippen LogP contribution is -2.38. The quantitative estimate of drug-likeness (QED) is 0.839. The standard InChI is InChI=1S/C18H20Cl2N2/c19-15-6-7-17(20)18(12-15)21-16-8-10-22(11-9-16)13-14-4-2-1-3-5-14/h1-7,12,16,21H,8-11,13H2. The third-order valence-electron chi connectivity index (χ3n) is 4.12. The summed E-state index contributed by atoms with van der Waals surface area (Å²) in [7, 11) is 0. The zero-order valence-corrected chi connectivity index (χ0v) is 13.9. The summed E-state index contributed by atoms with van der Waals surface area (Å²) < 4.78 is 0. The predicted octanol–water partition coefficient (Wildman–Crippen LogP) is 5.07. The molecule has 0 bridgehead atoms. The van der Waals surface area contributed by atoms with Gasteiger partial charge in [-0.1, -0.05) is 53.5 Å². The van der Waals surface area contributed by atoms with Gasteiger partial charge in [0.05, 0.1) is 10.7 Å². The first-order valence-electron chi connectivity index (χ1n) is 7.68. The van der Waals surface area contributed by atoms with E-state index < -0.39 is 0 Å². The van der Waals surface area contributed by atoms with Gasteiger partial charge in [-0.25, -0.2) is 0 Å². The molecule has 0 unspecified atom stereocenters. The Balaban J connectivity index is 1.52. The van der Waals surface area contributed by atoms with Crippen molar-refractivity contribution in [3.8, 4) is 0 Å². The van der Waals surface area contributed by atoms with E-state index in [2.05, 4.69) is 40.5 Å². The minimum absolute atomic E-state index is 0.461. The van der Waals surface area contributed by atoms with Gasteiger partial charge in [-0.3, -0.25) is 4.90 Å². The molecule has 22 heavy (non-hydrogen) atoms. The largest absolute Gasteiger partial charge is 0.381 e. The maximum Gasteiger partial charge on any atom is 0.0638 e. The molecule has 1 heterocycles. The molecule has 0 amide bonds. The fourth-order valence-electron chi connectivity index (χ4n) is 2.91. The van der Waals surface area contributed by atoms with E-state index in [1.807, 2.05) is 18.2 Å². The van der Waals surface area contributed by atoms with Gasteiger partial charge in [0.2, 0.25) is 0 Å². The molecular formula is C18H20Cl2N2. The predicted molar refractivity (Wildman–Crippen MR) is 94.8 cm³/mol. The van der Waals surface area contributed by atoms with Crippen molar-refractivity contribution in [3.05, 3.63) is 64.1 Å². The van der Waals surface area contributed by atoms with Crippen LogP contribution in [0.5, 0.6) is 0 Å². The van der Waals surface area contributed by atoms with Crippen molar-refractivity contribution in [1.29, 1.82) is 0 Å². The zero-order valence-electron chi connectivity index (χ0n) is 12.4. The van der Waals surface area contributed by atoms with Crippen LogP contribution in [-0.4, -0.2) is 24.0 Å². The third-order valence-corrected chi connectivity index (χ3v) is 4.69. The number of likely N-dealkylation sites (tertiary alicyclic amines) is 1. The maximum atomic E-state index is 6.22. The van der Waals surface area contributed by atoms with Crippen molar-refractivity contribution in [2.24, 2.45) is 0 Å². The number of anilines is 1. The molecule has 0 atom stereocenters. The van der Waals surface area contributed by atoms with Crippen LogP contribution in [0.25, 0.3) is 0 Å². The van der Waals surface area contributed by atoms with Crippen LogP contribution in [0.2, 0.25) is 10.0 Å². The molecule has 4 heteroatoms. The summed E-state index contributed by atoms with van der Waals surface area (Å²) in [5, 5.41) is 4.98. The average Bonchev–Trinajstić information content (AvgIpc) is 2.54. The second-order valence-electron chi connectivity index (χ2n) is 5.80. The summed E-state index contributed by atoms with van der Waals surface area (Å²) in [4.78, 5) is 2.51. The molecule has 0 aromatic heterocycles. The first-order valence-corrected chi connectivity index (χ1v) is 8.44. The van der Waals surface area contributed by atoms with Gasteiger partial charge in [-0.05, 0) is 36.6 Å². The van der Waals surface area contributed by atoms with Gasteiger partial charge < -0.3 is 5.32 Å². The number of rotatable bonds is 4. The summed E-state index contributed by atoms with van der Waals surface area (Å²) in [5.41, 5.74) is 2.32. The third kappa shape index (κ3) is 4.16. The summed E-state index contributed by atoms with van der Waals surface area (Å²) >= 11 is 12.3. The lowest BCUT2D eigenvalue weighted by atomic mass is 10.0. The Morgan fingerprint density at radius 3 is 2.45 bits per heavy atom. The van der Waals surface area contributed by atoms with Crippen LogP contribution >= 0.6 is 23.2 Å². The summed E-state index contributed by atoms with van der Waals surface area (Å²) in [6, 6.07) is 16.7. The summed E-state index contributed by atoms with van der Waals surface area (Å²) in [6.07, 6.45) is 2.24. The van der Waals surface area contributed by atoms with Crippen LogP contribution in [-0.2, 0) is 6.54 Å². The molecule has 1 aliphatic rings. The zero-order chi connectivity index (χ0) is 15.4. The highest BCUT2D eigenvalue weighted by atomic mass is 35.5. The molecule has 1 aliphatic heterocycles. The topological polar surface area (TPSA) is 15.3 Å². The van der Waals surface area contributed by atoms with E-state index in [0.717, 1.165) is 43.2 Å². The van der Waals surface area contributed by atoms with E-state index in [9.17, 15) is 0 Å². The first-order chi connectivity index (χ1) is 10.7. The number of hydrogen-bond acceptors (Lipinski definition) is 2. The van der Waals surface area contributed by atoms with Gasteiger partial charge in [0.25, 0.3) is 0 Å². The van der Waals surface area contributed by atoms with Crippen LogP contribution in [0.4, 0.5) is 5.69 Å². The molecule has 2 aromatic carbocycles. The Morgan fingerprint density at radius 1 is 1.00 bits per heavy atom. The smallest absolute Gasteiger partial charge is 0.0638 e. The molecule has 0 saturated carbocycles. The number of benzene rings is 2. The van der Waals surface area contributed by atoms with Crippen LogP contribution < -0.4 is 5.32 Å². The number of nitrogens with one attached hydrogen (secondary N) is 1. The molecular weight excluding hydrogens is 315 g/mol. The Bertz CT molecular complexity index is 608. The summed E-state index contributed by atoms with van der Waals surface area (Å²) in [6.45, 7) is 3.24. The van der Waals surface area contributed by atoms with Crippen molar-refractivity contribution in [3.63, 3.8) is 0 Å². The van der Waals surface area contributed by atoms with E-state index in [0.29, 0.717) is 11.1 Å². The minimum atomic E-state index is 0.461. The summed E-state index contributed by atoms with van der Waals surface area (Å²) in [5.74, 6) is 0. The monoisotopic (exact) mass is 334 g/mol. The number of nitrogens with zero attached hydrogens (tertiary/aromatic N) is 1. The molecule has 0 radical (unpaired) electrons. The van der Waals surface area contributed by atoms with Gasteiger partial charge in [0.1, 0.15) is 0 Å². The van der Waals surface area contributed by atoms with Crippen molar-refractivity contribution >= 4 is 28.9 Å². The second-order valence-corrected chi connectivity index (χ2v) is 6.65. The van der Waals surface area contributed by atoms with Crippen molar-refractivity contribution in [2.45, 2.75) is 25.4 Å². The van der Waals surface area contributed by atoms with E-state index in [4.69, 9.17) is 23.2 Å². The highest BCUT2D eigenvalue weighted by Gasteiger charge is 2.19. The highest BCUT2D eigenvalue weighted by molar-refractivity contribution is 6.35. The van der Waals surface area contributed by atoms with Gasteiger partial charge in [0, 0.05) is 30.7 Å². The van der Waals surface area contributed by atoms with E-state index in [1.54, 1.807) is 0 Å². The number of piperidine rings is 1. The van der Waals surface area contributed by atoms with Crippen LogP contribution in [0.15, 0.2) is 48.5 Å². The van der Waals surface area contributed by atoms with Crippen LogP contribution in [0, 0.1) is 0 Å². The van der Waals surface area contributed by atoms with Gasteiger partial charge in [-0.2, -0.15) is 0 Å². The lowest BCUT2D eigenvalue weighted by molar-refractivity contribution is 0.211. The Kier molecular flexibility index (Phi) is 5.24. The lowest BCUT2D eigenvalue weighted by Gasteiger charge is -2.33. The highest BCUT2D eigenvalue weighted by Crippen LogP contribution is 2.27. The van der Waals surface area contributed by atoms with Gasteiger partial charge >= 0.3 is 0 Å². The van der Waals surface area contributed by atoms with Crippen molar-refractivity contribution in [1.82, 2.24) is 4.90 Å². The average molecular weight is 335 g/mol. The molecule has 3 rings (SSSR count). The number of halogens is 2. The minimum Gasteiger partial charge on any atom is -0.381 e. The molecule has 2 aromatic rings. The Hall–Kier alpha value is -1.22. The molecule has 2 nitrogen and oxygen atoms in total. The van der Waals surface area contributed by atoms with E-state index in [-0.39, 0.29) is 0 Å². The molecule has 0 aliphatic carbocycles. The van der Waals surface area contributed by atoms with Gasteiger partial charge in [-0.15, -0.1) is 0 Å². The molecule has 116 valence electrons. The maximum absolute atomic E-state index is 6.22. The van der Waals surface area contributed by atoms with E-state index in [1.165, 1.54) is 5.56 Å². The molecule has 1 fully saturated rings. The molecule has 0 spiro atoms. The first kappa shape index (κ1) is 15.7. The van der Waals surface area contributed by atoms with Crippen LogP contribution in [0.3, 0.4) is 0 Å². The van der Waals surface area contributed by atoms with Crippen molar-refractivity contribution in [2.75, 3.05) is 18.4 Å². The van der Waals surface area contributed by atoms with Gasteiger partial charge in [0.15, 0.2) is 0 Å². The normalized spacial score (nSPS) is 16.6. The fourth-order valence-corrected chi connectivity index (χ4v) is 3.25. The van der Waals surface area contributed by atoms with E-state index >= 15 is 0 Å². The number of hydrogen-bond donors (Lipinski definition) is 1. The van der Waals surface area contributed by atoms with Crippen molar-refractivity contribution < 1.29 is 0 Å². The van der Waals surface area contributed by atoms with Crippen LogP contribution in [0.1, 0.15) is 18.4 Å². The Labute approximate surface area is 142 Å². The second kappa shape index (κ2) is 7.36.